The lowest BCUT2D eigenvalue weighted by molar-refractivity contribution is 0.403. The Balaban J connectivity index is 2.35. The van der Waals surface area contributed by atoms with Crippen LogP contribution in [0, 0.1) is 0 Å². The van der Waals surface area contributed by atoms with Crippen molar-refractivity contribution in [1.29, 1.82) is 0 Å². The average molecular weight is 296 g/mol. The molecule has 108 valence electrons. The van der Waals surface area contributed by atoms with Gasteiger partial charge < -0.3 is 10.5 Å². The molecule has 0 saturated heterocycles. The van der Waals surface area contributed by atoms with E-state index in [2.05, 4.69) is 9.82 Å². The number of ether oxygens (including phenoxy) is 1. The Kier molecular flexibility index (Phi) is 3.84. The summed E-state index contributed by atoms with van der Waals surface area (Å²) in [6.07, 6.45) is 3.06. The number of aromatic nitrogens is 2. The third kappa shape index (κ3) is 2.85. The van der Waals surface area contributed by atoms with E-state index >= 15 is 0 Å². The number of rotatable bonds is 5. The number of hydrogen-bond donors (Lipinski definition) is 2. The number of aryl methyl sites for hydroxylation is 1. The molecular formula is C12H16N4O3S. The fraction of sp³-hybridized carbons (Fsp3) is 0.250. The maximum Gasteiger partial charge on any atom is 0.265 e. The zero-order chi connectivity index (χ0) is 14.8. The SMILES string of the molecule is CCn1cc(NS(=O)(=O)c2ccc(N)cc2OC)cn1. The van der Waals surface area contributed by atoms with Gasteiger partial charge in [-0.05, 0) is 19.1 Å². The molecule has 0 bridgehead atoms. The highest BCUT2D eigenvalue weighted by atomic mass is 32.2. The van der Waals surface area contributed by atoms with Gasteiger partial charge in [0.05, 0.1) is 19.0 Å². The van der Waals surface area contributed by atoms with E-state index in [4.69, 9.17) is 10.5 Å². The van der Waals surface area contributed by atoms with Crippen molar-refractivity contribution in [2.45, 2.75) is 18.4 Å². The molecule has 0 unspecified atom stereocenters. The monoisotopic (exact) mass is 296 g/mol. The number of nitrogens with two attached hydrogens (primary N) is 1. The van der Waals surface area contributed by atoms with Crippen LogP contribution in [0.15, 0.2) is 35.5 Å². The van der Waals surface area contributed by atoms with Crippen molar-refractivity contribution >= 4 is 21.4 Å². The number of nitrogen functional groups attached to an aromatic ring is 1. The lowest BCUT2D eigenvalue weighted by atomic mass is 10.3. The van der Waals surface area contributed by atoms with E-state index < -0.39 is 10.0 Å². The lowest BCUT2D eigenvalue weighted by Gasteiger charge is -2.10. The maximum absolute atomic E-state index is 12.3. The van der Waals surface area contributed by atoms with Crippen LogP contribution in [0.3, 0.4) is 0 Å². The van der Waals surface area contributed by atoms with Crippen molar-refractivity contribution in [2.75, 3.05) is 17.6 Å². The second-order valence-electron chi connectivity index (χ2n) is 4.10. The van der Waals surface area contributed by atoms with Gasteiger partial charge in [0.25, 0.3) is 10.0 Å². The van der Waals surface area contributed by atoms with E-state index in [0.717, 1.165) is 0 Å². The zero-order valence-corrected chi connectivity index (χ0v) is 12.0. The van der Waals surface area contributed by atoms with Crippen molar-refractivity contribution < 1.29 is 13.2 Å². The van der Waals surface area contributed by atoms with Gasteiger partial charge >= 0.3 is 0 Å². The number of anilines is 2. The molecule has 7 nitrogen and oxygen atoms in total. The van der Waals surface area contributed by atoms with Crippen molar-refractivity contribution in [3.8, 4) is 5.75 Å². The maximum atomic E-state index is 12.3. The van der Waals surface area contributed by atoms with Crippen molar-refractivity contribution in [2.24, 2.45) is 0 Å². The lowest BCUT2D eigenvalue weighted by Crippen LogP contribution is -2.14. The number of methoxy groups -OCH3 is 1. The molecule has 3 N–H and O–H groups in total. The number of benzene rings is 1. The first kappa shape index (κ1) is 14.2. The van der Waals surface area contributed by atoms with Gasteiger partial charge in [0.2, 0.25) is 0 Å². The molecule has 2 rings (SSSR count). The summed E-state index contributed by atoms with van der Waals surface area (Å²) in [5.74, 6) is 0.195. The average Bonchev–Trinajstić information content (AvgIpc) is 2.85. The largest absolute Gasteiger partial charge is 0.495 e. The van der Waals surface area contributed by atoms with E-state index in [1.165, 1.54) is 31.5 Å². The molecule has 0 aliphatic rings. The van der Waals surface area contributed by atoms with E-state index in [1.807, 2.05) is 6.92 Å². The highest BCUT2D eigenvalue weighted by Crippen LogP contribution is 2.27. The van der Waals surface area contributed by atoms with Gasteiger partial charge in [0, 0.05) is 24.5 Å². The molecular weight excluding hydrogens is 280 g/mol. The molecule has 8 heteroatoms. The number of nitrogens with zero attached hydrogens (tertiary/aromatic N) is 2. The standard InChI is InChI=1S/C12H16N4O3S/c1-3-16-8-10(7-14-16)15-20(17,18)12-5-4-9(13)6-11(12)19-2/h4-8,15H,3,13H2,1-2H3. The predicted molar refractivity (Wildman–Crippen MR) is 76.1 cm³/mol. The molecule has 2 aromatic rings. The Labute approximate surface area is 117 Å². The molecule has 1 heterocycles. The summed E-state index contributed by atoms with van der Waals surface area (Å²) in [5, 5.41) is 4.01. The van der Waals surface area contributed by atoms with Gasteiger partial charge in [0.1, 0.15) is 10.6 Å². The first-order valence-corrected chi connectivity index (χ1v) is 7.43. The van der Waals surface area contributed by atoms with Crippen molar-refractivity contribution in [3.05, 3.63) is 30.6 Å². The van der Waals surface area contributed by atoms with Crippen LogP contribution in [0.4, 0.5) is 11.4 Å². The summed E-state index contributed by atoms with van der Waals surface area (Å²) in [4.78, 5) is 0.0263. The Morgan fingerprint density at radius 1 is 1.45 bits per heavy atom. The molecule has 0 aliphatic carbocycles. The Hall–Kier alpha value is -2.22. The molecule has 20 heavy (non-hydrogen) atoms. The van der Waals surface area contributed by atoms with Crippen LogP contribution in [-0.2, 0) is 16.6 Å². The van der Waals surface area contributed by atoms with Crippen LogP contribution in [0.1, 0.15) is 6.92 Å². The third-order valence-corrected chi connectivity index (χ3v) is 4.11. The van der Waals surface area contributed by atoms with Gasteiger partial charge in [-0.3, -0.25) is 9.40 Å². The molecule has 0 radical (unpaired) electrons. The van der Waals surface area contributed by atoms with Crippen molar-refractivity contribution in [3.63, 3.8) is 0 Å². The molecule has 1 aromatic heterocycles. The summed E-state index contributed by atoms with van der Waals surface area (Å²) in [6.45, 7) is 2.57. The third-order valence-electron chi connectivity index (χ3n) is 2.69. The molecule has 0 saturated carbocycles. The van der Waals surface area contributed by atoms with Gasteiger partial charge in [-0.1, -0.05) is 0 Å². The van der Waals surface area contributed by atoms with E-state index in [1.54, 1.807) is 10.9 Å². The Bertz CT molecular complexity index is 709. The summed E-state index contributed by atoms with van der Waals surface area (Å²) in [5.41, 5.74) is 6.44. The minimum Gasteiger partial charge on any atom is -0.495 e. The second kappa shape index (κ2) is 5.41. The quantitative estimate of drug-likeness (QED) is 0.810. The minimum absolute atomic E-state index is 0.0263. The summed E-state index contributed by atoms with van der Waals surface area (Å²) in [6, 6.07) is 4.37. The zero-order valence-electron chi connectivity index (χ0n) is 11.2. The number of sulfonamides is 1. The van der Waals surface area contributed by atoms with E-state index in [9.17, 15) is 8.42 Å². The van der Waals surface area contributed by atoms with Gasteiger partial charge in [-0.15, -0.1) is 0 Å². The van der Waals surface area contributed by atoms with Crippen LogP contribution in [-0.4, -0.2) is 25.3 Å². The first-order chi connectivity index (χ1) is 9.46. The predicted octanol–water partition coefficient (Wildman–Crippen LogP) is 1.29. The minimum atomic E-state index is -3.75. The fourth-order valence-electron chi connectivity index (χ4n) is 1.71. The van der Waals surface area contributed by atoms with Crippen LogP contribution in [0.2, 0.25) is 0 Å². The van der Waals surface area contributed by atoms with Crippen LogP contribution >= 0.6 is 0 Å². The number of hydrogen-bond acceptors (Lipinski definition) is 5. The topological polar surface area (TPSA) is 99.2 Å². The summed E-state index contributed by atoms with van der Waals surface area (Å²) in [7, 11) is -2.36. The first-order valence-electron chi connectivity index (χ1n) is 5.95. The normalized spacial score (nSPS) is 11.3. The molecule has 0 amide bonds. The number of nitrogens with one attached hydrogen (secondary N) is 1. The highest BCUT2D eigenvalue weighted by molar-refractivity contribution is 7.92. The highest BCUT2D eigenvalue weighted by Gasteiger charge is 2.20. The summed E-state index contributed by atoms with van der Waals surface area (Å²) < 4.78 is 33.8. The van der Waals surface area contributed by atoms with Crippen LogP contribution in [0.5, 0.6) is 5.75 Å². The molecule has 0 fully saturated rings. The van der Waals surface area contributed by atoms with Crippen LogP contribution < -0.4 is 15.2 Å². The van der Waals surface area contributed by atoms with E-state index in [-0.39, 0.29) is 10.6 Å². The second-order valence-corrected chi connectivity index (χ2v) is 5.75. The van der Waals surface area contributed by atoms with E-state index in [0.29, 0.717) is 17.9 Å². The smallest absolute Gasteiger partial charge is 0.265 e. The fourth-order valence-corrected chi connectivity index (χ4v) is 2.89. The molecule has 0 atom stereocenters. The Morgan fingerprint density at radius 3 is 2.80 bits per heavy atom. The van der Waals surface area contributed by atoms with Crippen molar-refractivity contribution in [1.82, 2.24) is 9.78 Å². The van der Waals surface area contributed by atoms with Crippen LogP contribution in [0.25, 0.3) is 0 Å². The molecule has 0 spiro atoms. The van der Waals surface area contributed by atoms with Gasteiger partial charge in [-0.2, -0.15) is 5.10 Å². The summed E-state index contributed by atoms with van der Waals surface area (Å²) >= 11 is 0. The van der Waals surface area contributed by atoms with Gasteiger partial charge in [-0.25, -0.2) is 8.42 Å². The Morgan fingerprint density at radius 2 is 2.20 bits per heavy atom. The molecule has 1 aromatic carbocycles. The molecule has 0 aliphatic heterocycles. The van der Waals surface area contributed by atoms with Gasteiger partial charge in [0.15, 0.2) is 0 Å².